The van der Waals surface area contributed by atoms with E-state index < -0.39 is 0 Å². The predicted octanol–water partition coefficient (Wildman–Crippen LogP) is 3.71. The van der Waals surface area contributed by atoms with E-state index in [0.29, 0.717) is 6.04 Å². The second-order valence-electron chi connectivity index (χ2n) is 5.73. The number of nitrogens with one attached hydrogen (secondary N) is 1. The van der Waals surface area contributed by atoms with Crippen LogP contribution in [-0.4, -0.2) is 22.5 Å². The fraction of sp³-hybridized carbons (Fsp3) is 0.667. The first-order valence-electron chi connectivity index (χ1n) is 7.33. The molecule has 2 heterocycles. The first kappa shape index (κ1) is 15.3. The Labute approximate surface area is 125 Å². The Morgan fingerprint density at radius 2 is 2.15 bits per heavy atom. The number of hydrogen-bond acceptors (Lipinski definition) is 4. The van der Waals surface area contributed by atoms with Crippen molar-refractivity contribution in [2.24, 2.45) is 5.92 Å². The van der Waals surface area contributed by atoms with Crippen LogP contribution in [0.1, 0.15) is 45.7 Å². The predicted molar refractivity (Wildman–Crippen MR) is 84.6 cm³/mol. The van der Waals surface area contributed by atoms with Gasteiger partial charge in [-0.25, -0.2) is 0 Å². The summed E-state index contributed by atoms with van der Waals surface area (Å²) in [7, 11) is 1.68. The van der Waals surface area contributed by atoms with Gasteiger partial charge in [0.05, 0.1) is 7.11 Å². The summed E-state index contributed by atoms with van der Waals surface area (Å²) >= 11 is 1.63. The highest BCUT2D eigenvalue weighted by atomic mass is 32.1. The molecule has 5 heteroatoms. The van der Waals surface area contributed by atoms with Crippen LogP contribution in [-0.2, 0) is 6.54 Å². The van der Waals surface area contributed by atoms with Gasteiger partial charge in [-0.05, 0) is 19.3 Å². The van der Waals surface area contributed by atoms with E-state index in [2.05, 4.69) is 47.0 Å². The van der Waals surface area contributed by atoms with Crippen LogP contribution in [0.15, 0.2) is 11.6 Å². The molecule has 1 N–H and O–H groups in total. The van der Waals surface area contributed by atoms with Crippen molar-refractivity contribution in [1.29, 1.82) is 0 Å². The van der Waals surface area contributed by atoms with E-state index in [9.17, 15) is 0 Å². The van der Waals surface area contributed by atoms with Crippen molar-refractivity contribution in [2.75, 3.05) is 7.11 Å². The summed E-state index contributed by atoms with van der Waals surface area (Å²) in [5.74, 6) is 1.53. The van der Waals surface area contributed by atoms with Crippen molar-refractivity contribution < 1.29 is 4.74 Å². The summed E-state index contributed by atoms with van der Waals surface area (Å²) in [5, 5.41) is 5.63. The number of methoxy groups -OCH3 is 1. The number of hydrogen-bond donors (Lipinski definition) is 1. The van der Waals surface area contributed by atoms with Gasteiger partial charge in [0.1, 0.15) is 5.69 Å². The number of aromatic nitrogens is 2. The fourth-order valence-corrected chi connectivity index (χ4v) is 3.07. The summed E-state index contributed by atoms with van der Waals surface area (Å²) in [6.07, 6.45) is 5.85. The third-order valence-corrected chi connectivity index (χ3v) is 4.31. The number of imidazole rings is 1. The minimum atomic E-state index is 0.516. The molecule has 0 aliphatic carbocycles. The first-order valence-corrected chi connectivity index (χ1v) is 8.21. The summed E-state index contributed by atoms with van der Waals surface area (Å²) in [4.78, 5) is 5.47. The molecule has 1 atom stereocenters. The molecule has 2 aromatic rings. The van der Waals surface area contributed by atoms with E-state index in [1.807, 2.05) is 0 Å². The maximum Gasteiger partial charge on any atom is 0.237 e. The van der Waals surface area contributed by atoms with Gasteiger partial charge in [-0.15, -0.1) is 11.3 Å². The second-order valence-corrected chi connectivity index (χ2v) is 6.60. The van der Waals surface area contributed by atoms with Crippen molar-refractivity contribution in [1.82, 2.24) is 14.7 Å². The van der Waals surface area contributed by atoms with Gasteiger partial charge in [0.25, 0.3) is 0 Å². The molecule has 112 valence electrons. The molecule has 20 heavy (non-hydrogen) atoms. The Kier molecular flexibility index (Phi) is 5.43. The number of nitrogens with zero attached hydrogens (tertiary/aromatic N) is 2. The average Bonchev–Trinajstić information content (AvgIpc) is 2.96. The molecule has 0 aliphatic heterocycles. The first-order chi connectivity index (χ1) is 9.61. The van der Waals surface area contributed by atoms with E-state index in [4.69, 9.17) is 4.74 Å². The lowest BCUT2D eigenvalue weighted by molar-refractivity contribution is 0.388. The van der Waals surface area contributed by atoms with Crippen molar-refractivity contribution in [3.63, 3.8) is 0 Å². The topological polar surface area (TPSA) is 38.6 Å². The molecule has 0 radical (unpaired) electrons. The Bertz CT molecular complexity index is 532. The molecule has 0 amide bonds. The Balaban J connectivity index is 1.89. The lowest BCUT2D eigenvalue weighted by Crippen LogP contribution is -2.26. The largest absolute Gasteiger partial charge is 0.480 e. The van der Waals surface area contributed by atoms with Gasteiger partial charge >= 0.3 is 0 Å². The zero-order valence-electron chi connectivity index (χ0n) is 12.8. The van der Waals surface area contributed by atoms with Crippen LogP contribution in [0.3, 0.4) is 0 Å². The fourth-order valence-electron chi connectivity index (χ4n) is 2.34. The highest BCUT2D eigenvalue weighted by Crippen LogP contribution is 2.23. The van der Waals surface area contributed by atoms with Crippen LogP contribution >= 0.6 is 11.3 Å². The quantitative estimate of drug-likeness (QED) is 0.807. The third-order valence-electron chi connectivity index (χ3n) is 3.55. The second kappa shape index (κ2) is 7.09. The summed E-state index contributed by atoms with van der Waals surface area (Å²) < 4.78 is 7.48. The molecular weight excluding hydrogens is 270 g/mol. The number of thiazole rings is 1. The summed E-state index contributed by atoms with van der Waals surface area (Å²) in [6.45, 7) is 7.60. The molecular formula is C15H25N3OS. The van der Waals surface area contributed by atoms with Gasteiger partial charge in [0.2, 0.25) is 5.88 Å². The smallest absolute Gasteiger partial charge is 0.237 e. The molecule has 0 saturated heterocycles. The Hall–Kier alpha value is -1.07. The van der Waals surface area contributed by atoms with Gasteiger partial charge in [-0.1, -0.05) is 26.7 Å². The van der Waals surface area contributed by atoms with E-state index in [1.165, 1.54) is 19.3 Å². The molecule has 0 fully saturated rings. The van der Waals surface area contributed by atoms with Crippen LogP contribution in [0, 0.1) is 5.92 Å². The highest BCUT2D eigenvalue weighted by molar-refractivity contribution is 7.15. The van der Waals surface area contributed by atoms with Crippen LogP contribution in [0.5, 0.6) is 5.88 Å². The number of fused-ring (bicyclic) bond motifs is 1. The zero-order chi connectivity index (χ0) is 14.5. The van der Waals surface area contributed by atoms with Gasteiger partial charge in [-0.2, -0.15) is 4.98 Å². The Morgan fingerprint density at radius 1 is 1.35 bits per heavy atom. The van der Waals surface area contributed by atoms with Crippen molar-refractivity contribution in [2.45, 2.75) is 52.6 Å². The maximum atomic E-state index is 5.37. The molecule has 4 nitrogen and oxygen atoms in total. The van der Waals surface area contributed by atoms with E-state index in [-0.39, 0.29) is 0 Å². The number of rotatable bonds is 8. The molecule has 0 aliphatic rings. The molecule has 0 saturated carbocycles. The SMILES string of the molecule is COc1nc2sccn2c1CNC(C)CCCC(C)C. The summed E-state index contributed by atoms with van der Waals surface area (Å²) in [6, 6.07) is 0.516. The van der Waals surface area contributed by atoms with Gasteiger partial charge in [0.15, 0.2) is 4.96 Å². The van der Waals surface area contributed by atoms with Crippen molar-refractivity contribution in [3.05, 3.63) is 17.3 Å². The van der Waals surface area contributed by atoms with E-state index in [0.717, 1.165) is 29.0 Å². The normalized spacial score (nSPS) is 13.2. The zero-order valence-corrected chi connectivity index (χ0v) is 13.7. The van der Waals surface area contributed by atoms with Crippen molar-refractivity contribution >= 4 is 16.3 Å². The van der Waals surface area contributed by atoms with Crippen LogP contribution in [0.25, 0.3) is 4.96 Å². The Morgan fingerprint density at radius 3 is 2.85 bits per heavy atom. The highest BCUT2D eigenvalue weighted by Gasteiger charge is 2.14. The van der Waals surface area contributed by atoms with Crippen LogP contribution in [0.4, 0.5) is 0 Å². The molecule has 0 aromatic carbocycles. The van der Waals surface area contributed by atoms with Crippen LogP contribution in [0.2, 0.25) is 0 Å². The van der Waals surface area contributed by atoms with Gasteiger partial charge in [0, 0.05) is 24.2 Å². The van der Waals surface area contributed by atoms with Gasteiger partial charge in [-0.3, -0.25) is 4.40 Å². The lowest BCUT2D eigenvalue weighted by Gasteiger charge is -2.14. The number of ether oxygens (including phenoxy) is 1. The molecule has 0 bridgehead atoms. The molecule has 2 aromatic heterocycles. The standard InChI is InChI=1S/C15H25N3OS/c1-11(2)6-5-7-12(3)16-10-13-14(19-4)17-15-18(13)8-9-20-15/h8-9,11-12,16H,5-7,10H2,1-4H3. The maximum absolute atomic E-state index is 5.37. The molecule has 1 unspecified atom stereocenters. The monoisotopic (exact) mass is 295 g/mol. The third kappa shape index (κ3) is 3.73. The van der Waals surface area contributed by atoms with E-state index >= 15 is 0 Å². The summed E-state index contributed by atoms with van der Waals surface area (Å²) in [5.41, 5.74) is 1.11. The van der Waals surface area contributed by atoms with E-state index in [1.54, 1.807) is 18.4 Å². The van der Waals surface area contributed by atoms with Crippen molar-refractivity contribution in [3.8, 4) is 5.88 Å². The van der Waals surface area contributed by atoms with Gasteiger partial charge < -0.3 is 10.1 Å². The molecule has 0 spiro atoms. The average molecular weight is 295 g/mol. The molecule has 2 rings (SSSR count). The lowest BCUT2D eigenvalue weighted by atomic mass is 10.0. The van der Waals surface area contributed by atoms with Crippen LogP contribution < -0.4 is 10.1 Å². The minimum Gasteiger partial charge on any atom is -0.480 e. The minimum absolute atomic E-state index is 0.516.